The Labute approximate surface area is 152 Å². The van der Waals surface area contributed by atoms with Gasteiger partial charge >= 0.3 is 0 Å². The van der Waals surface area contributed by atoms with Crippen molar-refractivity contribution in [1.29, 1.82) is 0 Å². The number of rotatable bonds is 4. The number of Topliss-reactive ketones (excluding diaryl/α,β-unsaturated/α-hetero) is 1. The molecule has 0 fully saturated rings. The van der Waals surface area contributed by atoms with Crippen LogP contribution in [-0.2, 0) is 4.79 Å². The van der Waals surface area contributed by atoms with Crippen LogP contribution in [0.15, 0.2) is 98.1 Å². The van der Waals surface area contributed by atoms with Crippen LogP contribution >= 0.6 is 0 Å². The fourth-order valence-corrected chi connectivity index (χ4v) is 3.20. The molecule has 0 aliphatic heterocycles. The van der Waals surface area contributed by atoms with Crippen LogP contribution in [0, 0.1) is 0 Å². The molecule has 26 heavy (non-hydrogen) atoms. The third kappa shape index (κ3) is 2.84. The summed E-state index contributed by atoms with van der Waals surface area (Å²) >= 11 is 0. The molecule has 0 aliphatic carbocycles. The van der Waals surface area contributed by atoms with Crippen molar-refractivity contribution in [2.24, 2.45) is 0 Å². The smallest absolute Gasteiger partial charge is 0.193 e. The topological polar surface area (TPSA) is 17.1 Å². The molecule has 0 heterocycles. The Morgan fingerprint density at radius 2 is 0.923 bits per heavy atom. The van der Waals surface area contributed by atoms with Crippen molar-refractivity contribution in [2.45, 2.75) is 0 Å². The number of ketones is 1. The van der Waals surface area contributed by atoms with Gasteiger partial charge in [0, 0.05) is 11.1 Å². The number of hydrogen-bond acceptors (Lipinski definition) is 1. The molecule has 0 atom stereocenters. The van der Waals surface area contributed by atoms with Crippen molar-refractivity contribution < 1.29 is 4.79 Å². The van der Waals surface area contributed by atoms with E-state index in [-0.39, 0.29) is 5.78 Å². The summed E-state index contributed by atoms with van der Waals surface area (Å²) in [6.07, 6.45) is 0. The van der Waals surface area contributed by atoms with Crippen LogP contribution in [-0.4, -0.2) is 5.78 Å². The maximum atomic E-state index is 12.9. The Kier molecular flexibility index (Phi) is 3.98. The first kappa shape index (κ1) is 16.0. The number of hydrogen-bond donors (Lipinski definition) is 0. The maximum Gasteiger partial charge on any atom is 0.193 e. The molecule has 0 bridgehead atoms. The maximum absolute atomic E-state index is 12.9. The van der Waals surface area contributed by atoms with Crippen LogP contribution in [0.1, 0.15) is 11.1 Å². The highest BCUT2D eigenvalue weighted by molar-refractivity contribution is 6.41. The standard InChI is InChI=1S/C25H18O/c1-17(21-13-11-19-7-3-5-9-23(19)15-21)25(26)18(2)22-14-12-20-8-4-6-10-24(20)16-22/h3-16H,1-2H2. The molecule has 0 radical (unpaired) electrons. The monoisotopic (exact) mass is 334 g/mol. The Bertz CT molecular complexity index is 1090. The molecule has 1 heteroatoms. The number of carbonyl (C=O) groups is 1. The third-order valence-electron chi connectivity index (χ3n) is 4.74. The van der Waals surface area contributed by atoms with Gasteiger partial charge in [-0.3, -0.25) is 4.79 Å². The van der Waals surface area contributed by atoms with E-state index in [4.69, 9.17) is 0 Å². The molecule has 0 unspecified atom stereocenters. The summed E-state index contributed by atoms with van der Waals surface area (Å²) in [5.74, 6) is -0.129. The highest BCUT2D eigenvalue weighted by atomic mass is 16.1. The van der Waals surface area contributed by atoms with Crippen molar-refractivity contribution in [3.05, 3.63) is 109 Å². The van der Waals surface area contributed by atoms with Crippen molar-refractivity contribution in [1.82, 2.24) is 0 Å². The first-order chi connectivity index (χ1) is 12.6. The lowest BCUT2D eigenvalue weighted by Crippen LogP contribution is -2.03. The van der Waals surface area contributed by atoms with E-state index in [9.17, 15) is 4.79 Å². The van der Waals surface area contributed by atoms with Gasteiger partial charge in [0.25, 0.3) is 0 Å². The average molecular weight is 334 g/mol. The summed E-state index contributed by atoms with van der Waals surface area (Å²) < 4.78 is 0. The van der Waals surface area contributed by atoms with Gasteiger partial charge in [0.2, 0.25) is 0 Å². The molecule has 0 amide bonds. The first-order valence-corrected chi connectivity index (χ1v) is 8.54. The molecule has 4 aromatic carbocycles. The van der Waals surface area contributed by atoms with E-state index >= 15 is 0 Å². The molecule has 0 saturated heterocycles. The van der Waals surface area contributed by atoms with Crippen LogP contribution in [0.4, 0.5) is 0 Å². The van der Waals surface area contributed by atoms with Crippen molar-refractivity contribution in [2.75, 3.05) is 0 Å². The van der Waals surface area contributed by atoms with Crippen LogP contribution in [0.5, 0.6) is 0 Å². The second-order valence-electron chi connectivity index (χ2n) is 6.41. The molecule has 0 aliphatic rings. The zero-order valence-corrected chi connectivity index (χ0v) is 14.4. The predicted molar refractivity (Wildman–Crippen MR) is 111 cm³/mol. The molecule has 4 aromatic rings. The highest BCUT2D eigenvalue weighted by Crippen LogP contribution is 2.27. The van der Waals surface area contributed by atoms with Crippen molar-refractivity contribution in [3.63, 3.8) is 0 Å². The first-order valence-electron chi connectivity index (χ1n) is 8.54. The van der Waals surface area contributed by atoms with Gasteiger partial charge in [0.05, 0.1) is 0 Å². The highest BCUT2D eigenvalue weighted by Gasteiger charge is 2.15. The molecule has 0 spiro atoms. The van der Waals surface area contributed by atoms with Crippen LogP contribution in [0.3, 0.4) is 0 Å². The molecule has 1 nitrogen and oxygen atoms in total. The molecule has 4 rings (SSSR count). The predicted octanol–water partition coefficient (Wildman–Crippen LogP) is 6.29. The van der Waals surface area contributed by atoms with E-state index in [1.807, 2.05) is 72.8 Å². The third-order valence-corrected chi connectivity index (χ3v) is 4.74. The Morgan fingerprint density at radius 1 is 0.538 bits per heavy atom. The summed E-state index contributed by atoms with van der Waals surface area (Å²) in [4.78, 5) is 12.9. The summed E-state index contributed by atoms with van der Waals surface area (Å²) in [6, 6.07) is 28.1. The molecule has 0 N–H and O–H groups in total. The van der Waals surface area contributed by atoms with E-state index in [1.54, 1.807) is 0 Å². The van der Waals surface area contributed by atoms with E-state index in [0.29, 0.717) is 11.1 Å². The average Bonchev–Trinajstić information content (AvgIpc) is 2.71. The van der Waals surface area contributed by atoms with E-state index in [1.165, 1.54) is 0 Å². The lowest BCUT2D eigenvalue weighted by Gasteiger charge is -2.10. The largest absolute Gasteiger partial charge is 0.289 e. The number of carbonyl (C=O) groups excluding carboxylic acids is 1. The van der Waals surface area contributed by atoms with Gasteiger partial charge in [0.1, 0.15) is 0 Å². The minimum Gasteiger partial charge on any atom is -0.289 e. The Morgan fingerprint density at radius 3 is 1.35 bits per heavy atom. The van der Waals surface area contributed by atoms with Crippen LogP contribution < -0.4 is 0 Å². The van der Waals surface area contributed by atoms with Gasteiger partial charge in [-0.05, 0) is 44.8 Å². The van der Waals surface area contributed by atoms with Crippen LogP contribution in [0.25, 0.3) is 32.7 Å². The van der Waals surface area contributed by atoms with E-state index in [0.717, 1.165) is 32.7 Å². The zero-order chi connectivity index (χ0) is 18.1. The molecule has 0 aromatic heterocycles. The minimum atomic E-state index is -0.129. The Hall–Kier alpha value is -3.45. The van der Waals surface area contributed by atoms with Gasteiger partial charge < -0.3 is 0 Å². The van der Waals surface area contributed by atoms with Gasteiger partial charge in [-0.25, -0.2) is 0 Å². The minimum absolute atomic E-state index is 0.129. The molecule has 124 valence electrons. The second-order valence-corrected chi connectivity index (χ2v) is 6.41. The number of fused-ring (bicyclic) bond motifs is 2. The van der Waals surface area contributed by atoms with Crippen molar-refractivity contribution >= 4 is 38.5 Å². The van der Waals surface area contributed by atoms with Crippen molar-refractivity contribution in [3.8, 4) is 0 Å². The lowest BCUT2D eigenvalue weighted by atomic mass is 9.92. The fraction of sp³-hybridized carbons (Fsp3) is 0. The van der Waals surface area contributed by atoms with Gasteiger partial charge in [-0.15, -0.1) is 0 Å². The number of benzene rings is 4. The summed E-state index contributed by atoms with van der Waals surface area (Å²) in [6.45, 7) is 8.06. The number of allylic oxidation sites excluding steroid dienone is 2. The van der Waals surface area contributed by atoms with E-state index in [2.05, 4.69) is 25.3 Å². The van der Waals surface area contributed by atoms with E-state index < -0.39 is 0 Å². The van der Waals surface area contributed by atoms with Crippen LogP contribution in [0.2, 0.25) is 0 Å². The fourth-order valence-electron chi connectivity index (χ4n) is 3.20. The molecular formula is C25H18O. The normalized spacial score (nSPS) is 10.8. The quantitative estimate of drug-likeness (QED) is 0.401. The molecule has 0 saturated carbocycles. The van der Waals surface area contributed by atoms with Gasteiger partial charge in [-0.2, -0.15) is 0 Å². The van der Waals surface area contributed by atoms with Gasteiger partial charge in [-0.1, -0.05) is 86.0 Å². The summed E-state index contributed by atoms with van der Waals surface area (Å²) in [7, 11) is 0. The second kappa shape index (κ2) is 6.45. The zero-order valence-electron chi connectivity index (χ0n) is 14.4. The SMILES string of the molecule is C=C(C(=O)C(=C)c1ccc2ccccc2c1)c1ccc2ccccc2c1. The van der Waals surface area contributed by atoms with Gasteiger partial charge in [0.15, 0.2) is 5.78 Å². The lowest BCUT2D eigenvalue weighted by molar-refractivity contribution is -0.108. The summed E-state index contributed by atoms with van der Waals surface area (Å²) in [5, 5.41) is 4.47. The Balaban J connectivity index is 1.66. The molecular weight excluding hydrogens is 316 g/mol. The summed E-state index contributed by atoms with van der Waals surface area (Å²) in [5.41, 5.74) is 2.59.